The predicted octanol–water partition coefficient (Wildman–Crippen LogP) is 0.988. The van der Waals surface area contributed by atoms with Gasteiger partial charge in [0.05, 0.1) is 6.61 Å². The topological polar surface area (TPSA) is 66.6 Å². The minimum atomic E-state index is 0.00676. The Labute approximate surface area is 113 Å². The molecule has 1 aliphatic heterocycles. The largest absolute Gasteiger partial charge is 0.392 e. The number of carbonyl (C=O) groups is 1. The molecule has 1 saturated heterocycles. The van der Waals surface area contributed by atoms with E-state index in [0.29, 0.717) is 18.0 Å². The van der Waals surface area contributed by atoms with Crippen molar-refractivity contribution in [3.63, 3.8) is 0 Å². The van der Waals surface area contributed by atoms with Crippen molar-refractivity contribution in [2.24, 2.45) is 17.6 Å². The molecular formula is C15H20N2O2. The maximum atomic E-state index is 12.4. The van der Waals surface area contributed by atoms with Gasteiger partial charge in [0.25, 0.3) is 5.91 Å². The van der Waals surface area contributed by atoms with E-state index in [-0.39, 0.29) is 18.6 Å². The Morgan fingerprint density at radius 1 is 1.26 bits per heavy atom. The first-order valence-corrected chi connectivity index (χ1v) is 6.93. The van der Waals surface area contributed by atoms with Gasteiger partial charge < -0.3 is 15.7 Å². The van der Waals surface area contributed by atoms with Crippen LogP contribution in [-0.4, -0.2) is 35.0 Å². The quantitative estimate of drug-likeness (QED) is 0.851. The molecule has 1 saturated carbocycles. The van der Waals surface area contributed by atoms with Crippen LogP contribution in [0.15, 0.2) is 24.3 Å². The number of hydrogen-bond donors (Lipinski definition) is 2. The summed E-state index contributed by atoms with van der Waals surface area (Å²) in [5, 5.41) is 9.00. The van der Waals surface area contributed by atoms with Crippen molar-refractivity contribution < 1.29 is 9.90 Å². The van der Waals surface area contributed by atoms with Crippen molar-refractivity contribution in [3.8, 4) is 0 Å². The van der Waals surface area contributed by atoms with Gasteiger partial charge in [0.1, 0.15) is 0 Å². The molecule has 4 nitrogen and oxygen atoms in total. The van der Waals surface area contributed by atoms with Gasteiger partial charge in [0.2, 0.25) is 0 Å². The van der Waals surface area contributed by atoms with Crippen LogP contribution >= 0.6 is 0 Å². The molecule has 102 valence electrons. The Kier molecular flexibility index (Phi) is 3.29. The van der Waals surface area contributed by atoms with Gasteiger partial charge in [-0.05, 0) is 42.4 Å². The van der Waals surface area contributed by atoms with Crippen molar-refractivity contribution in [2.45, 2.75) is 25.5 Å². The lowest BCUT2D eigenvalue weighted by molar-refractivity contribution is 0.0784. The van der Waals surface area contributed by atoms with E-state index >= 15 is 0 Å². The third-order valence-electron chi connectivity index (χ3n) is 4.31. The summed E-state index contributed by atoms with van der Waals surface area (Å²) in [5.41, 5.74) is 7.65. The highest BCUT2D eigenvalue weighted by atomic mass is 16.3. The molecule has 0 bridgehead atoms. The van der Waals surface area contributed by atoms with Crippen LogP contribution in [0.2, 0.25) is 0 Å². The number of nitrogens with zero attached hydrogens (tertiary/aromatic N) is 1. The van der Waals surface area contributed by atoms with Crippen molar-refractivity contribution in [2.75, 3.05) is 13.1 Å². The van der Waals surface area contributed by atoms with Crippen LogP contribution in [-0.2, 0) is 6.61 Å². The molecule has 0 unspecified atom stereocenters. The highest BCUT2D eigenvalue weighted by molar-refractivity contribution is 5.94. The second kappa shape index (κ2) is 4.94. The third kappa shape index (κ3) is 2.51. The fourth-order valence-electron chi connectivity index (χ4n) is 2.98. The normalized spacial score (nSPS) is 26.7. The molecular weight excluding hydrogens is 240 g/mol. The first-order chi connectivity index (χ1) is 9.19. The average molecular weight is 260 g/mol. The lowest BCUT2D eigenvalue weighted by atomic mass is 9.99. The summed E-state index contributed by atoms with van der Waals surface area (Å²) in [6.07, 6.45) is 2.54. The first-order valence-electron chi connectivity index (χ1n) is 6.93. The third-order valence-corrected chi connectivity index (χ3v) is 4.31. The van der Waals surface area contributed by atoms with Crippen LogP contribution in [0.1, 0.15) is 28.8 Å². The van der Waals surface area contributed by atoms with Gasteiger partial charge in [-0.2, -0.15) is 0 Å². The summed E-state index contributed by atoms with van der Waals surface area (Å²) in [6, 6.07) is 7.28. The van der Waals surface area contributed by atoms with E-state index in [1.807, 2.05) is 4.90 Å². The molecule has 0 radical (unpaired) electrons. The highest BCUT2D eigenvalue weighted by Gasteiger charge is 2.42. The van der Waals surface area contributed by atoms with Crippen LogP contribution in [0, 0.1) is 11.8 Å². The van der Waals surface area contributed by atoms with Gasteiger partial charge in [0, 0.05) is 24.7 Å². The molecule has 0 spiro atoms. The SMILES string of the molecule is N[C@H]1CN(C(=O)c2ccc(CO)cc2)C[C@@H]1C1CC1. The van der Waals surface area contributed by atoms with Crippen molar-refractivity contribution in [1.29, 1.82) is 0 Å². The standard InChI is InChI=1S/C15H20N2O2/c16-14-8-17(7-13(14)11-5-6-11)15(19)12-3-1-10(9-18)2-4-12/h1-4,11,13-14,18H,5-9,16H2/t13-,14+/m1/s1. The monoisotopic (exact) mass is 260 g/mol. The van der Waals surface area contributed by atoms with E-state index in [9.17, 15) is 4.79 Å². The van der Waals surface area contributed by atoms with E-state index in [0.717, 1.165) is 18.0 Å². The summed E-state index contributed by atoms with van der Waals surface area (Å²) in [5.74, 6) is 1.29. The number of aliphatic hydroxyl groups is 1. The van der Waals surface area contributed by atoms with Crippen LogP contribution in [0.3, 0.4) is 0 Å². The molecule has 1 aromatic rings. The minimum absolute atomic E-state index is 0.00676. The summed E-state index contributed by atoms with van der Waals surface area (Å²) in [6.45, 7) is 1.47. The number of carbonyl (C=O) groups excluding carboxylic acids is 1. The van der Waals surface area contributed by atoms with Gasteiger partial charge in [0.15, 0.2) is 0 Å². The second-order valence-corrected chi connectivity index (χ2v) is 5.73. The Balaban J connectivity index is 1.69. The predicted molar refractivity (Wildman–Crippen MR) is 72.5 cm³/mol. The zero-order valence-corrected chi connectivity index (χ0v) is 11.0. The molecule has 1 aromatic carbocycles. The Hall–Kier alpha value is -1.39. The van der Waals surface area contributed by atoms with Crippen molar-refractivity contribution in [1.82, 2.24) is 4.90 Å². The average Bonchev–Trinajstić information content (AvgIpc) is 3.21. The number of amides is 1. The molecule has 3 N–H and O–H groups in total. The molecule has 1 amide bonds. The number of likely N-dealkylation sites (tertiary alicyclic amines) is 1. The Bertz CT molecular complexity index is 468. The van der Waals surface area contributed by atoms with E-state index in [4.69, 9.17) is 10.8 Å². The van der Waals surface area contributed by atoms with E-state index in [1.165, 1.54) is 12.8 Å². The van der Waals surface area contributed by atoms with Gasteiger partial charge in [-0.15, -0.1) is 0 Å². The molecule has 19 heavy (non-hydrogen) atoms. The molecule has 2 fully saturated rings. The second-order valence-electron chi connectivity index (χ2n) is 5.73. The van der Waals surface area contributed by atoms with Crippen molar-refractivity contribution >= 4 is 5.91 Å². The van der Waals surface area contributed by atoms with Crippen LogP contribution < -0.4 is 5.73 Å². The Morgan fingerprint density at radius 2 is 1.95 bits per heavy atom. The van der Waals surface area contributed by atoms with Gasteiger partial charge in [-0.3, -0.25) is 4.79 Å². The van der Waals surface area contributed by atoms with Gasteiger partial charge >= 0.3 is 0 Å². The van der Waals surface area contributed by atoms with Crippen LogP contribution in [0.5, 0.6) is 0 Å². The summed E-state index contributed by atoms with van der Waals surface area (Å²) in [7, 11) is 0. The first kappa shape index (κ1) is 12.6. The van der Waals surface area contributed by atoms with Crippen LogP contribution in [0.4, 0.5) is 0 Å². The molecule has 0 aromatic heterocycles. The molecule has 1 aliphatic carbocycles. The van der Waals surface area contributed by atoms with E-state index in [1.54, 1.807) is 24.3 Å². The number of benzene rings is 1. The molecule has 2 aliphatic rings. The number of nitrogens with two attached hydrogens (primary N) is 1. The number of hydrogen-bond acceptors (Lipinski definition) is 3. The maximum absolute atomic E-state index is 12.4. The smallest absolute Gasteiger partial charge is 0.253 e. The summed E-state index contributed by atoms with van der Waals surface area (Å²) >= 11 is 0. The summed E-state index contributed by atoms with van der Waals surface area (Å²) in [4.78, 5) is 14.3. The van der Waals surface area contributed by atoms with Crippen LogP contribution in [0.25, 0.3) is 0 Å². The number of rotatable bonds is 3. The van der Waals surface area contributed by atoms with Crippen molar-refractivity contribution in [3.05, 3.63) is 35.4 Å². The fourth-order valence-corrected chi connectivity index (χ4v) is 2.98. The van der Waals surface area contributed by atoms with E-state index < -0.39 is 0 Å². The fraction of sp³-hybridized carbons (Fsp3) is 0.533. The Morgan fingerprint density at radius 3 is 2.53 bits per heavy atom. The molecule has 4 heteroatoms. The summed E-state index contributed by atoms with van der Waals surface area (Å²) < 4.78 is 0. The molecule has 2 atom stereocenters. The minimum Gasteiger partial charge on any atom is -0.392 e. The highest BCUT2D eigenvalue weighted by Crippen LogP contribution is 2.41. The zero-order valence-electron chi connectivity index (χ0n) is 11.0. The molecule has 3 rings (SSSR count). The zero-order chi connectivity index (χ0) is 13.4. The van der Waals surface area contributed by atoms with Gasteiger partial charge in [-0.1, -0.05) is 12.1 Å². The van der Waals surface area contributed by atoms with E-state index in [2.05, 4.69) is 0 Å². The maximum Gasteiger partial charge on any atom is 0.253 e. The lowest BCUT2D eigenvalue weighted by Gasteiger charge is -2.16. The molecule has 1 heterocycles. The lowest BCUT2D eigenvalue weighted by Crippen LogP contribution is -2.32. The number of aliphatic hydroxyl groups excluding tert-OH is 1. The van der Waals surface area contributed by atoms with Gasteiger partial charge in [-0.25, -0.2) is 0 Å².